The minimum Gasteiger partial charge on any atom is -0.465 e. The number of halogens is 7. The molecule has 0 N–H and O–H groups in total. The zero-order valence-corrected chi connectivity index (χ0v) is 11.1. The van der Waals surface area contributed by atoms with E-state index in [0.717, 1.165) is 0 Å². The van der Waals surface area contributed by atoms with Crippen LogP contribution in [0.1, 0.15) is 19.8 Å². The summed E-state index contributed by atoms with van der Waals surface area (Å²) in [4.78, 5) is 22.5. The van der Waals surface area contributed by atoms with E-state index in [0.29, 0.717) is 0 Å². The third-order valence-electron chi connectivity index (χ3n) is 2.94. The Balaban J connectivity index is 2.80. The van der Waals surface area contributed by atoms with E-state index < -0.39 is 54.8 Å². The zero-order valence-electron chi connectivity index (χ0n) is 11.1. The number of carbonyl (C=O) groups excluding carboxylic acids is 2. The number of hydrogen-bond acceptors (Lipinski definition) is 4. The molecule has 1 fully saturated rings. The summed E-state index contributed by atoms with van der Waals surface area (Å²) in [5, 5.41) is 0. The van der Waals surface area contributed by atoms with E-state index in [1.165, 1.54) is 6.92 Å². The van der Waals surface area contributed by atoms with Gasteiger partial charge in [0.25, 0.3) is 0 Å². The Kier molecular flexibility index (Phi) is 4.98. The number of esters is 2. The highest BCUT2D eigenvalue weighted by Crippen LogP contribution is 2.49. The largest absolute Gasteiger partial charge is 0.465 e. The monoisotopic (exact) mass is 340 g/mol. The van der Waals surface area contributed by atoms with Crippen LogP contribution in [-0.2, 0) is 19.1 Å². The van der Waals surface area contributed by atoms with Gasteiger partial charge in [-0.2, -0.15) is 30.7 Å². The first kappa shape index (κ1) is 18.5. The Morgan fingerprint density at radius 1 is 1.23 bits per heavy atom. The van der Waals surface area contributed by atoms with Gasteiger partial charge in [-0.3, -0.25) is 9.59 Å². The van der Waals surface area contributed by atoms with Gasteiger partial charge in [-0.15, -0.1) is 0 Å². The van der Waals surface area contributed by atoms with Gasteiger partial charge in [-0.05, 0) is 6.92 Å². The lowest BCUT2D eigenvalue weighted by Crippen LogP contribution is -2.53. The van der Waals surface area contributed by atoms with Crippen molar-refractivity contribution in [1.82, 2.24) is 0 Å². The van der Waals surface area contributed by atoms with E-state index in [1.807, 2.05) is 0 Å². The molecule has 0 saturated carbocycles. The van der Waals surface area contributed by atoms with Gasteiger partial charge in [0.15, 0.2) is 5.92 Å². The highest BCUT2D eigenvalue weighted by Gasteiger charge is 2.73. The van der Waals surface area contributed by atoms with Crippen molar-refractivity contribution in [1.29, 1.82) is 0 Å². The molecule has 1 aliphatic heterocycles. The standard InChI is InChI=1S/C11H11F7O4/c1-2-21-7(19)6-3-5(22-8(6)20)4-9(12,13)10(14,15)11(16,17)18/h5-6H,2-4H2,1H3. The molecule has 0 aromatic heterocycles. The van der Waals surface area contributed by atoms with Crippen molar-refractivity contribution in [3.8, 4) is 0 Å². The van der Waals surface area contributed by atoms with Crippen molar-refractivity contribution in [2.45, 2.75) is 43.9 Å². The van der Waals surface area contributed by atoms with Crippen molar-refractivity contribution in [2.24, 2.45) is 5.92 Å². The van der Waals surface area contributed by atoms with Crippen molar-refractivity contribution in [3.05, 3.63) is 0 Å². The summed E-state index contributed by atoms with van der Waals surface area (Å²) in [6.45, 7) is 1.27. The maximum atomic E-state index is 13.2. The van der Waals surface area contributed by atoms with Crippen molar-refractivity contribution in [3.63, 3.8) is 0 Å². The molecule has 128 valence electrons. The van der Waals surface area contributed by atoms with Gasteiger partial charge in [0, 0.05) is 6.42 Å². The molecule has 1 rings (SSSR count). The normalized spacial score (nSPS) is 23.4. The SMILES string of the molecule is CCOC(=O)C1CC(CC(F)(F)C(F)(F)C(F)(F)F)OC1=O. The highest BCUT2D eigenvalue weighted by atomic mass is 19.4. The predicted octanol–water partition coefficient (Wildman–Crippen LogP) is 2.70. The molecular formula is C11H11F7O4. The van der Waals surface area contributed by atoms with Crippen LogP contribution in [0.15, 0.2) is 0 Å². The van der Waals surface area contributed by atoms with E-state index in [2.05, 4.69) is 9.47 Å². The molecule has 0 bridgehead atoms. The minimum absolute atomic E-state index is 0.129. The second-order valence-corrected chi connectivity index (χ2v) is 4.58. The molecule has 0 spiro atoms. The molecule has 0 aromatic rings. The van der Waals surface area contributed by atoms with Crippen LogP contribution >= 0.6 is 0 Å². The summed E-state index contributed by atoms with van der Waals surface area (Å²) in [7, 11) is 0. The van der Waals surface area contributed by atoms with Gasteiger partial charge in [0.2, 0.25) is 0 Å². The average Bonchev–Trinajstić information content (AvgIpc) is 2.68. The van der Waals surface area contributed by atoms with Crippen molar-refractivity contribution < 1.29 is 49.8 Å². The molecule has 4 nitrogen and oxygen atoms in total. The van der Waals surface area contributed by atoms with Gasteiger partial charge < -0.3 is 9.47 Å². The van der Waals surface area contributed by atoms with Crippen LogP contribution in [0.2, 0.25) is 0 Å². The third-order valence-corrected chi connectivity index (χ3v) is 2.94. The molecular weight excluding hydrogens is 329 g/mol. The fourth-order valence-electron chi connectivity index (χ4n) is 1.84. The second-order valence-electron chi connectivity index (χ2n) is 4.58. The molecule has 22 heavy (non-hydrogen) atoms. The van der Waals surface area contributed by atoms with Crippen LogP contribution in [0.25, 0.3) is 0 Å². The lowest BCUT2D eigenvalue weighted by atomic mass is 9.98. The smallest absolute Gasteiger partial charge is 0.459 e. The maximum absolute atomic E-state index is 13.2. The molecule has 0 radical (unpaired) electrons. The second kappa shape index (κ2) is 5.92. The number of alkyl halides is 7. The lowest BCUT2D eigenvalue weighted by molar-refractivity contribution is -0.358. The Morgan fingerprint density at radius 3 is 2.23 bits per heavy atom. The fraction of sp³-hybridized carbons (Fsp3) is 0.818. The van der Waals surface area contributed by atoms with Crippen LogP contribution < -0.4 is 0 Å². The summed E-state index contributed by atoms with van der Waals surface area (Å²) in [6, 6.07) is 0. The maximum Gasteiger partial charge on any atom is 0.459 e. The fourth-order valence-corrected chi connectivity index (χ4v) is 1.84. The topological polar surface area (TPSA) is 52.6 Å². The van der Waals surface area contributed by atoms with E-state index in [4.69, 9.17) is 0 Å². The molecule has 11 heteroatoms. The van der Waals surface area contributed by atoms with E-state index in [9.17, 15) is 40.3 Å². The van der Waals surface area contributed by atoms with Gasteiger partial charge >= 0.3 is 30.0 Å². The first-order valence-electron chi connectivity index (χ1n) is 6.03. The van der Waals surface area contributed by atoms with Crippen LogP contribution in [0.5, 0.6) is 0 Å². The first-order valence-corrected chi connectivity index (χ1v) is 6.03. The number of carbonyl (C=O) groups is 2. The van der Waals surface area contributed by atoms with Crippen LogP contribution in [0.3, 0.4) is 0 Å². The Bertz CT molecular complexity index is 446. The molecule has 0 aromatic carbocycles. The van der Waals surface area contributed by atoms with Gasteiger partial charge in [0.1, 0.15) is 6.10 Å². The summed E-state index contributed by atoms with van der Waals surface area (Å²) in [6.07, 6.45) is -11.2. The van der Waals surface area contributed by atoms with Gasteiger partial charge in [-0.25, -0.2) is 0 Å². The number of cyclic esters (lactones) is 1. The van der Waals surface area contributed by atoms with E-state index in [1.54, 1.807) is 0 Å². The Morgan fingerprint density at radius 2 is 1.77 bits per heavy atom. The Hall–Kier alpha value is -1.55. The zero-order chi connectivity index (χ0) is 17.3. The molecule has 1 saturated heterocycles. The molecule has 0 aliphatic carbocycles. The van der Waals surface area contributed by atoms with Crippen LogP contribution in [0.4, 0.5) is 30.7 Å². The molecule has 2 atom stereocenters. The first-order chi connectivity index (χ1) is 9.83. The third kappa shape index (κ3) is 3.43. The van der Waals surface area contributed by atoms with Crippen LogP contribution in [-0.4, -0.2) is 42.7 Å². The summed E-state index contributed by atoms with van der Waals surface area (Å²) in [5.41, 5.74) is 0. The van der Waals surface area contributed by atoms with E-state index in [-0.39, 0.29) is 6.61 Å². The number of hydrogen-bond donors (Lipinski definition) is 0. The summed E-state index contributed by atoms with van der Waals surface area (Å²) >= 11 is 0. The predicted molar refractivity (Wildman–Crippen MR) is 55.2 cm³/mol. The van der Waals surface area contributed by atoms with Gasteiger partial charge in [-0.1, -0.05) is 0 Å². The summed E-state index contributed by atoms with van der Waals surface area (Å²) in [5.74, 6) is -15.8. The molecule has 1 aliphatic rings. The molecule has 1 heterocycles. The van der Waals surface area contributed by atoms with E-state index >= 15 is 0 Å². The molecule has 2 unspecified atom stereocenters. The van der Waals surface area contributed by atoms with Crippen molar-refractivity contribution in [2.75, 3.05) is 6.61 Å². The lowest BCUT2D eigenvalue weighted by Gasteiger charge is -2.29. The van der Waals surface area contributed by atoms with Gasteiger partial charge in [0.05, 0.1) is 13.0 Å². The summed E-state index contributed by atoms with van der Waals surface area (Å²) < 4.78 is 96.4. The Labute approximate surface area is 119 Å². The molecule has 0 amide bonds. The quantitative estimate of drug-likeness (QED) is 0.439. The number of ether oxygens (including phenoxy) is 2. The highest BCUT2D eigenvalue weighted by molar-refractivity contribution is 5.96. The van der Waals surface area contributed by atoms with Crippen LogP contribution in [0, 0.1) is 5.92 Å². The van der Waals surface area contributed by atoms with Crippen molar-refractivity contribution >= 4 is 11.9 Å². The average molecular weight is 340 g/mol. The minimum atomic E-state index is -6.46. The number of rotatable bonds is 5.